The molecular formula is C20H29N3O2. The molecule has 2 saturated heterocycles. The van der Waals surface area contributed by atoms with Crippen LogP contribution in [0, 0.1) is 0 Å². The Balaban J connectivity index is 1.62. The minimum absolute atomic E-state index is 0.0104. The predicted molar refractivity (Wildman–Crippen MR) is 98.5 cm³/mol. The lowest BCUT2D eigenvalue weighted by Crippen LogP contribution is -2.47. The van der Waals surface area contributed by atoms with Crippen LogP contribution in [0.15, 0.2) is 24.3 Å². The van der Waals surface area contributed by atoms with E-state index in [-0.39, 0.29) is 11.8 Å². The lowest BCUT2D eigenvalue weighted by atomic mass is 10.0. The summed E-state index contributed by atoms with van der Waals surface area (Å²) in [5.41, 5.74) is 1.91. The van der Waals surface area contributed by atoms with Gasteiger partial charge in [-0.2, -0.15) is 0 Å². The first-order valence-corrected chi connectivity index (χ1v) is 9.41. The summed E-state index contributed by atoms with van der Waals surface area (Å²) in [5.74, 6) is 0.153. The molecule has 5 heteroatoms. The smallest absolute Gasteiger partial charge is 0.254 e. The monoisotopic (exact) mass is 343 g/mol. The average Bonchev–Trinajstić information content (AvgIpc) is 3.23. The van der Waals surface area contributed by atoms with Crippen LogP contribution < -0.4 is 5.32 Å². The van der Waals surface area contributed by atoms with E-state index in [4.69, 9.17) is 0 Å². The number of likely N-dealkylation sites (tertiary alicyclic amines) is 2. The fraction of sp³-hybridized carbons (Fsp3) is 0.600. The summed E-state index contributed by atoms with van der Waals surface area (Å²) in [6, 6.07) is 8.74. The Kier molecular flexibility index (Phi) is 5.74. The Morgan fingerprint density at radius 1 is 1.08 bits per heavy atom. The van der Waals surface area contributed by atoms with Gasteiger partial charge in [0.25, 0.3) is 5.91 Å². The summed E-state index contributed by atoms with van der Waals surface area (Å²) in [5, 5.41) is 2.80. The van der Waals surface area contributed by atoms with Gasteiger partial charge in [0.2, 0.25) is 5.91 Å². The van der Waals surface area contributed by atoms with E-state index in [0.717, 1.165) is 43.5 Å². The summed E-state index contributed by atoms with van der Waals surface area (Å²) < 4.78 is 0. The number of hydrogen-bond donors (Lipinski definition) is 1. The maximum Gasteiger partial charge on any atom is 0.254 e. The van der Waals surface area contributed by atoms with Gasteiger partial charge in [-0.3, -0.25) is 9.59 Å². The second kappa shape index (κ2) is 8.00. The molecule has 2 atom stereocenters. The summed E-state index contributed by atoms with van der Waals surface area (Å²) in [6.45, 7) is 4.17. The molecule has 0 aromatic heterocycles. The maximum atomic E-state index is 13.0. The largest absolute Gasteiger partial charge is 0.356 e. The van der Waals surface area contributed by atoms with Crippen LogP contribution in [0.2, 0.25) is 0 Å². The van der Waals surface area contributed by atoms with Gasteiger partial charge in [0.1, 0.15) is 0 Å². The molecule has 2 aliphatic rings. The van der Waals surface area contributed by atoms with E-state index in [1.807, 2.05) is 24.3 Å². The minimum atomic E-state index is -0.0104. The van der Waals surface area contributed by atoms with Gasteiger partial charge in [-0.15, -0.1) is 0 Å². The van der Waals surface area contributed by atoms with Crippen molar-refractivity contribution in [2.24, 2.45) is 0 Å². The number of nitrogens with one attached hydrogen (secondary N) is 1. The van der Waals surface area contributed by atoms with Crippen LogP contribution >= 0.6 is 0 Å². The van der Waals surface area contributed by atoms with Crippen molar-refractivity contribution in [2.75, 3.05) is 26.7 Å². The van der Waals surface area contributed by atoms with E-state index in [9.17, 15) is 9.59 Å². The Morgan fingerprint density at radius 2 is 1.76 bits per heavy atom. The molecule has 1 N–H and O–H groups in total. The highest BCUT2D eigenvalue weighted by Crippen LogP contribution is 2.30. The highest BCUT2D eigenvalue weighted by molar-refractivity contribution is 5.94. The van der Waals surface area contributed by atoms with Gasteiger partial charge < -0.3 is 15.1 Å². The first kappa shape index (κ1) is 17.9. The quantitative estimate of drug-likeness (QED) is 0.890. The molecular weight excluding hydrogens is 314 g/mol. The molecule has 0 spiro atoms. The van der Waals surface area contributed by atoms with Gasteiger partial charge in [0.15, 0.2) is 0 Å². The number of amides is 2. The number of rotatable bonds is 5. The first-order chi connectivity index (χ1) is 12.1. The Morgan fingerprint density at radius 3 is 2.40 bits per heavy atom. The standard InChI is InChI=1S/C20H29N3O2/c1-15(24)21-12-11-16-7-9-17(10-8-16)20(25)23-14-4-6-19(23)18-5-3-13-22(18)2/h7-10,18-19H,3-6,11-14H2,1-2H3,(H,21,24)/t18-,19+/m0/s1. The van der Waals surface area contributed by atoms with Gasteiger partial charge in [-0.25, -0.2) is 0 Å². The van der Waals surface area contributed by atoms with Gasteiger partial charge in [0, 0.05) is 37.7 Å². The van der Waals surface area contributed by atoms with Crippen molar-refractivity contribution in [3.8, 4) is 0 Å². The fourth-order valence-corrected chi connectivity index (χ4v) is 4.23. The summed E-state index contributed by atoms with van der Waals surface area (Å²) in [6.07, 6.45) is 5.45. The molecule has 2 amide bonds. The van der Waals surface area contributed by atoms with E-state index < -0.39 is 0 Å². The summed E-state index contributed by atoms with van der Waals surface area (Å²) in [7, 11) is 2.18. The van der Waals surface area contributed by atoms with Gasteiger partial charge in [-0.1, -0.05) is 12.1 Å². The van der Waals surface area contributed by atoms with E-state index in [2.05, 4.69) is 22.2 Å². The molecule has 3 rings (SSSR count). The van der Waals surface area contributed by atoms with Crippen LogP contribution in [0.25, 0.3) is 0 Å². The topological polar surface area (TPSA) is 52.7 Å². The van der Waals surface area contributed by atoms with Crippen LogP contribution in [-0.4, -0.2) is 60.4 Å². The molecule has 1 aromatic carbocycles. The van der Waals surface area contributed by atoms with Crippen molar-refractivity contribution in [1.29, 1.82) is 0 Å². The van der Waals surface area contributed by atoms with Gasteiger partial charge in [-0.05, 0) is 63.4 Å². The lowest BCUT2D eigenvalue weighted by molar-refractivity contribution is -0.118. The van der Waals surface area contributed by atoms with E-state index in [1.54, 1.807) is 0 Å². The van der Waals surface area contributed by atoms with Gasteiger partial charge >= 0.3 is 0 Å². The number of carbonyl (C=O) groups excluding carboxylic acids is 2. The van der Waals surface area contributed by atoms with Crippen LogP contribution in [0.4, 0.5) is 0 Å². The van der Waals surface area contributed by atoms with Gasteiger partial charge in [0.05, 0.1) is 0 Å². The molecule has 25 heavy (non-hydrogen) atoms. The second-order valence-electron chi connectivity index (χ2n) is 7.33. The third-order valence-corrected chi connectivity index (χ3v) is 5.57. The molecule has 0 radical (unpaired) electrons. The number of nitrogens with zero attached hydrogens (tertiary/aromatic N) is 2. The molecule has 2 aliphatic heterocycles. The molecule has 0 saturated carbocycles. The van der Waals surface area contributed by atoms with Crippen LogP contribution in [-0.2, 0) is 11.2 Å². The SMILES string of the molecule is CC(=O)NCCc1ccc(C(=O)N2CCC[C@@H]2[C@@H]2CCCN2C)cc1. The number of hydrogen-bond acceptors (Lipinski definition) is 3. The van der Waals surface area contributed by atoms with Crippen molar-refractivity contribution in [2.45, 2.75) is 51.1 Å². The van der Waals surface area contributed by atoms with Crippen molar-refractivity contribution < 1.29 is 9.59 Å². The first-order valence-electron chi connectivity index (χ1n) is 9.41. The summed E-state index contributed by atoms with van der Waals surface area (Å²) >= 11 is 0. The lowest BCUT2D eigenvalue weighted by Gasteiger charge is -2.33. The normalized spacial score (nSPS) is 23.8. The highest BCUT2D eigenvalue weighted by Gasteiger charge is 2.38. The maximum absolute atomic E-state index is 13.0. The minimum Gasteiger partial charge on any atom is -0.356 e. The molecule has 5 nitrogen and oxygen atoms in total. The van der Waals surface area contributed by atoms with Crippen LogP contribution in [0.5, 0.6) is 0 Å². The Bertz CT molecular complexity index is 614. The molecule has 2 fully saturated rings. The third-order valence-electron chi connectivity index (χ3n) is 5.57. The molecule has 1 aromatic rings. The number of benzene rings is 1. The molecule has 0 bridgehead atoms. The Labute approximate surface area is 150 Å². The van der Waals surface area contributed by atoms with Crippen LogP contribution in [0.1, 0.15) is 48.5 Å². The summed E-state index contributed by atoms with van der Waals surface area (Å²) in [4.78, 5) is 28.4. The van der Waals surface area contributed by atoms with Crippen molar-refractivity contribution in [1.82, 2.24) is 15.1 Å². The number of carbonyl (C=O) groups is 2. The number of likely N-dealkylation sites (N-methyl/N-ethyl adjacent to an activating group) is 1. The van der Waals surface area contributed by atoms with Crippen LogP contribution in [0.3, 0.4) is 0 Å². The van der Waals surface area contributed by atoms with E-state index in [0.29, 0.717) is 18.6 Å². The van der Waals surface area contributed by atoms with E-state index in [1.165, 1.54) is 19.8 Å². The average molecular weight is 343 g/mol. The fourth-order valence-electron chi connectivity index (χ4n) is 4.23. The molecule has 2 heterocycles. The van der Waals surface area contributed by atoms with Crippen molar-refractivity contribution in [3.05, 3.63) is 35.4 Å². The molecule has 0 aliphatic carbocycles. The van der Waals surface area contributed by atoms with E-state index >= 15 is 0 Å². The zero-order chi connectivity index (χ0) is 17.8. The highest BCUT2D eigenvalue weighted by atomic mass is 16.2. The predicted octanol–water partition coefficient (Wildman–Crippen LogP) is 2.06. The zero-order valence-corrected chi connectivity index (χ0v) is 15.3. The zero-order valence-electron chi connectivity index (χ0n) is 15.3. The van der Waals surface area contributed by atoms with Crippen molar-refractivity contribution >= 4 is 11.8 Å². The third kappa shape index (κ3) is 4.21. The van der Waals surface area contributed by atoms with Crippen molar-refractivity contribution in [3.63, 3.8) is 0 Å². The molecule has 0 unspecified atom stereocenters. The Hall–Kier alpha value is -1.88. The molecule has 136 valence electrons. The second-order valence-corrected chi connectivity index (χ2v) is 7.33.